The van der Waals surface area contributed by atoms with E-state index in [0.29, 0.717) is 17.0 Å². The molecule has 0 spiro atoms. The molecule has 0 aliphatic rings. The van der Waals surface area contributed by atoms with Crippen molar-refractivity contribution in [2.45, 2.75) is 6.54 Å². The second kappa shape index (κ2) is 6.41. The fourth-order valence-electron chi connectivity index (χ4n) is 1.89. The van der Waals surface area contributed by atoms with Crippen LogP contribution in [0.15, 0.2) is 36.4 Å². The number of nitro benzene ring substituents is 1. The van der Waals surface area contributed by atoms with Gasteiger partial charge in [-0.3, -0.25) is 10.1 Å². The zero-order chi connectivity index (χ0) is 15.4. The van der Waals surface area contributed by atoms with Crippen LogP contribution in [-0.2, 0) is 6.54 Å². The summed E-state index contributed by atoms with van der Waals surface area (Å²) in [7, 11) is 1.41. The van der Waals surface area contributed by atoms with Gasteiger partial charge >= 0.3 is 0 Å². The Bertz CT molecular complexity index is 679. The monoisotopic (exact) mass is 310 g/mol. The number of nitrogens with one attached hydrogen (secondary N) is 1. The lowest BCUT2D eigenvalue weighted by Crippen LogP contribution is -2.05. The Morgan fingerprint density at radius 1 is 1.38 bits per heavy atom. The number of methoxy groups -OCH3 is 1. The lowest BCUT2D eigenvalue weighted by Gasteiger charge is -2.12. The van der Waals surface area contributed by atoms with Crippen molar-refractivity contribution in [1.82, 2.24) is 0 Å². The Morgan fingerprint density at radius 3 is 2.81 bits per heavy atom. The van der Waals surface area contributed by atoms with Gasteiger partial charge in [-0.1, -0.05) is 17.7 Å². The molecular formula is C14H12ClFN2O3. The second-order valence-electron chi connectivity index (χ2n) is 4.19. The minimum atomic E-state index is -0.495. The normalized spacial score (nSPS) is 10.2. The van der Waals surface area contributed by atoms with Crippen LogP contribution in [0.3, 0.4) is 0 Å². The van der Waals surface area contributed by atoms with Crippen molar-refractivity contribution in [3.8, 4) is 5.75 Å². The Kier molecular flexibility index (Phi) is 4.59. The quantitative estimate of drug-likeness (QED) is 0.669. The number of rotatable bonds is 5. The molecule has 0 aromatic heterocycles. The molecule has 0 aliphatic heterocycles. The summed E-state index contributed by atoms with van der Waals surface area (Å²) >= 11 is 6.00. The highest BCUT2D eigenvalue weighted by Gasteiger charge is 2.16. The molecule has 0 saturated heterocycles. The first kappa shape index (κ1) is 15.1. The van der Waals surface area contributed by atoms with Gasteiger partial charge in [0.15, 0.2) is 0 Å². The van der Waals surface area contributed by atoms with E-state index < -0.39 is 10.7 Å². The number of hydrogen-bond acceptors (Lipinski definition) is 4. The van der Waals surface area contributed by atoms with Crippen molar-refractivity contribution in [3.63, 3.8) is 0 Å². The van der Waals surface area contributed by atoms with Crippen molar-refractivity contribution in [1.29, 1.82) is 0 Å². The lowest BCUT2D eigenvalue weighted by molar-refractivity contribution is -0.385. The summed E-state index contributed by atoms with van der Waals surface area (Å²) in [5.41, 5.74) is 0.805. The van der Waals surface area contributed by atoms with Crippen LogP contribution in [-0.4, -0.2) is 12.0 Å². The van der Waals surface area contributed by atoms with Crippen molar-refractivity contribution in [2.75, 3.05) is 12.4 Å². The molecular weight excluding hydrogens is 299 g/mol. The molecule has 5 nitrogen and oxygen atoms in total. The van der Waals surface area contributed by atoms with E-state index >= 15 is 0 Å². The lowest BCUT2D eigenvalue weighted by atomic mass is 10.1. The van der Waals surface area contributed by atoms with E-state index in [1.807, 2.05) is 0 Å². The van der Waals surface area contributed by atoms with Crippen LogP contribution in [0.5, 0.6) is 5.75 Å². The van der Waals surface area contributed by atoms with Crippen molar-refractivity contribution < 1.29 is 14.1 Å². The number of benzene rings is 2. The first-order valence-corrected chi connectivity index (χ1v) is 6.40. The third kappa shape index (κ3) is 3.41. The van der Waals surface area contributed by atoms with E-state index in [1.165, 1.54) is 37.4 Å². The molecule has 0 aliphatic carbocycles. The fraction of sp³-hybridized carbons (Fsp3) is 0.143. The predicted octanol–water partition coefficient (Wildman–Crippen LogP) is 4.01. The van der Waals surface area contributed by atoms with E-state index in [0.717, 1.165) is 0 Å². The topological polar surface area (TPSA) is 64.4 Å². The summed E-state index contributed by atoms with van der Waals surface area (Å²) < 4.78 is 18.2. The predicted molar refractivity (Wildman–Crippen MR) is 78.4 cm³/mol. The van der Waals surface area contributed by atoms with Crippen molar-refractivity contribution >= 4 is 23.0 Å². The number of halogens is 2. The molecule has 2 rings (SSSR count). The molecule has 0 saturated carbocycles. The van der Waals surface area contributed by atoms with Crippen LogP contribution >= 0.6 is 11.6 Å². The first-order chi connectivity index (χ1) is 10.0. The highest BCUT2D eigenvalue weighted by Crippen LogP contribution is 2.30. The van der Waals surface area contributed by atoms with Gasteiger partial charge in [-0.25, -0.2) is 4.39 Å². The smallest absolute Gasteiger partial charge is 0.275 e. The molecule has 2 aromatic carbocycles. The van der Waals surface area contributed by atoms with E-state index in [1.54, 1.807) is 6.07 Å². The van der Waals surface area contributed by atoms with E-state index in [9.17, 15) is 14.5 Å². The largest absolute Gasteiger partial charge is 0.494 e. The van der Waals surface area contributed by atoms with Crippen molar-refractivity contribution in [2.24, 2.45) is 0 Å². The van der Waals surface area contributed by atoms with E-state index in [4.69, 9.17) is 16.3 Å². The zero-order valence-electron chi connectivity index (χ0n) is 11.1. The summed E-state index contributed by atoms with van der Waals surface area (Å²) in [6, 6.07) is 8.47. The second-order valence-corrected chi connectivity index (χ2v) is 4.60. The molecule has 0 unspecified atom stereocenters. The molecule has 0 bridgehead atoms. The average molecular weight is 311 g/mol. The molecule has 2 aromatic rings. The fourth-order valence-corrected chi connectivity index (χ4v) is 2.12. The minimum Gasteiger partial charge on any atom is -0.494 e. The van der Waals surface area contributed by atoms with Gasteiger partial charge in [-0.2, -0.15) is 0 Å². The first-order valence-electron chi connectivity index (χ1n) is 6.02. The van der Waals surface area contributed by atoms with Gasteiger partial charge in [0.1, 0.15) is 11.6 Å². The Morgan fingerprint density at radius 2 is 2.14 bits per heavy atom. The van der Waals surface area contributed by atoms with Crippen LogP contribution < -0.4 is 10.1 Å². The Balaban J connectivity index is 2.27. The van der Waals surface area contributed by atoms with Crippen LogP contribution in [0.25, 0.3) is 0 Å². The molecule has 0 amide bonds. The van der Waals surface area contributed by atoms with Gasteiger partial charge in [0.2, 0.25) is 0 Å². The third-order valence-corrected chi connectivity index (χ3v) is 3.26. The maximum Gasteiger partial charge on any atom is 0.275 e. The van der Waals surface area contributed by atoms with Gasteiger partial charge in [0.05, 0.1) is 28.3 Å². The molecule has 0 fully saturated rings. The number of hydrogen-bond donors (Lipinski definition) is 1. The summed E-state index contributed by atoms with van der Waals surface area (Å²) in [5.74, 6) is -0.120. The standard InChI is InChI=1S/C14H12ClFN2O3/c1-21-14-7-9(16)5-6-12(14)17-8-10-11(15)3-2-4-13(10)18(19)20/h2-7,17H,8H2,1H3. The van der Waals surface area contributed by atoms with Gasteiger partial charge in [0, 0.05) is 18.7 Å². The number of nitro groups is 1. The van der Waals surface area contributed by atoms with Crippen molar-refractivity contribution in [3.05, 3.63) is 62.9 Å². The van der Waals surface area contributed by atoms with Gasteiger partial charge in [0.25, 0.3) is 5.69 Å². The Hall–Kier alpha value is -2.34. The average Bonchev–Trinajstić information content (AvgIpc) is 2.46. The molecule has 0 heterocycles. The SMILES string of the molecule is COc1cc(F)ccc1NCc1c(Cl)cccc1[N+](=O)[O-]. The van der Waals surface area contributed by atoms with Crippen LogP contribution in [0.2, 0.25) is 5.02 Å². The van der Waals surface area contributed by atoms with Crippen LogP contribution in [0, 0.1) is 15.9 Å². The molecule has 110 valence electrons. The van der Waals surface area contributed by atoms with Gasteiger partial charge in [-0.15, -0.1) is 0 Å². The number of ether oxygens (including phenoxy) is 1. The zero-order valence-corrected chi connectivity index (χ0v) is 11.9. The molecule has 21 heavy (non-hydrogen) atoms. The maximum atomic E-state index is 13.1. The third-order valence-electron chi connectivity index (χ3n) is 2.91. The number of anilines is 1. The summed E-state index contributed by atoms with van der Waals surface area (Å²) in [4.78, 5) is 10.5. The molecule has 0 atom stereocenters. The summed E-state index contributed by atoms with van der Waals surface area (Å²) in [6.07, 6.45) is 0. The van der Waals surface area contributed by atoms with Crippen LogP contribution in [0.4, 0.5) is 15.8 Å². The van der Waals surface area contributed by atoms with Gasteiger partial charge in [-0.05, 0) is 18.2 Å². The van der Waals surface area contributed by atoms with E-state index in [2.05, 4.69) is 5.32 Å². The Labute approximate surface area is 125 Å². The van der Waals surface area contributed by atoms with E-state index in [-0.39, 0.29) is 17.3 Å². The number of nitrogens with zero attached hydrogens (tertiary/aromatic N) is 1. The summed E-state index contributed by atoms with van der Waals surface area (Å²) in [5, 5.41) is 14.3. The van der Waals surface area contributed by atoms with Gasteiger partial charge < -0.3 is 10.1 Å². The molecule has 0 radical (unpaired) electrons. The summed E-state index contributed by atoms with van der Waals surface area (Å²) in [6.45, 7) is 0.123. The highest BCUT2D eigenvalue weighted by molar-refractivity contribution is 6.31. The minimum absolute atomic E-state index is 0.0731. The molecule has 1 N–H and O–H groups in total. The van der Waals surface area contributed by atoms with Crippen LogP contribution in [0.1, 0.15) is 5.56 Å². The maximum absolute atomic E-state index is 13.1. The highest BCUT2D eigenvalue weighted by atomic mass is 35.5. The molecule has 7 heteroatoms.